The van der Waals surface area contributed by atoms with Crippen molar-refractivity contribution < 1.29 is 9.53 Å². The molecule has 1 aromatic rings. The van der Waals surface area contributed by atoms with Gasteiger partial charge in [0.2, 0.25) is 0 Å². The molecule has 1 aromatic carbocycles. The topological polar surface area (TPSA) is 26.3 Å². The van der Waals surface area contributed by atoms with Gasteiger partial charge in [-0.3, -0.25) is 0 Å². The first-order valence-electron chi connectivity index (χ1n) is 4.54. The van der Waals surface area contributed by atoms with E-state index in [0.717, 1.165) is 29.4 Å². The van der Waals surface area contributed by atoms with E-state index in [4.69, 9.17) is 4.74 Å². The van der Waals surface area contributed by atoms with Gasteiger partial charge in [-0.1, -0.05) is 12.1 Å². The normalized spacial score (nSPS) is 9.86. The van der Waals surface area contributed by atoms with Crippen LogP contribution < -0.4 is 4.74 Å². The fraction of sp³-hybridized carbons (Fsp3) is 0.364. The van der Waals surface area contributed by atoms with Crippen LogP contribution in [-0.4, -0.2) is 13.4 Å². The minimum absolute atomic E-state index is 0.615. The third-order valence-corrected chi connectivity index (χ3v) is 2.93. The van der Waals surface area contributed by atoms with E-state index in [1.54, 1.807) is 7.11 Å². The van der Waals surface area contributed by atoms with Gasteiger partial charge in [0, 0.05) is 6.42 Å². The first-order valence-corrected chi connectivity index (χ1v) is 5.34. The fourth-order valence-electron chi connectivity index (χ4n) is 1.28. The maximum absolute atomic E-state index is 10.2. The van der Waals surface area contributed by atoms with E-state index in [0.29, 0.717) is 6.42 Å². The number of rotatable bonds is 5. The van der Waals surface area contributed by atoms with Crippen molar-refractivity contribution in [2.45, 2.75) is 19.3 Å². The number of aryl methyl sites for hydroxylation is 1. The molecule has 76 valence electrons. The van der Waals surface area contributed by atoms with Gasteiger partial charge in [0.05, 0.1) is 11.6 Å². The van der Waals surface area contributed by atoms with Gasteiger partial charge >= 0.3 is 0 Å². The number of hydrogen-bond donors (Lipinski definition) is 0. The van der Waals surface area contributed by atoms with E-state index < -0.39 is 0 Å². The molecule has 0 aromatic heterocycles. The van der Waals surface area contributed by atoms with Crippen molar-refractivity contribution in [3.8, 4) is 5.75 Å². The summed E-state index contributed by atoms with van der Waals surface area (Å²) in [4.78, 5) is 10.2. The Morgan fingerprint density at radius 3 is 2.93 bits per heavy atom. The summed E-state index contributed by atoms with van der Waals surface area (Å²) in [6.45, 7) is 0. The van der Waals surface area contributed by atoms with E-state index in [-0.39, 0.29) is 0 Å². The van der Waals surface area contributed by atoms with E-state index in [2.05, 4.69) is 15.9 Å². The van der Waals surface area contributed by atoms with Crippen LogP contribution in [0.2, 0.25) is 0 Å². The molecule has 0 amide bonds. The van der Waals surface area contributed by atoms with Crippen molar-refractivity contribution in [2.75, 3.05) is 7.11 Å². The molecule has 0 heterocycles. The molecule has 2 nitrogen and oxygen atoms in total. The number of aldehydes is 1. The molecule has 0 bridgehead atoms. The van der Waals surface area contributed by atoms with Crippen LogP contribution in [0.25, 0.3) is 0 Å². The summed E-state index contributed by atoms with van der Waals surface area (Å²) in [5, 5.41) is 0. The highest BCUT2D eigenvalue weighted by atomic mass is 79.9. The van der Waals surface area contributed by atoms with Crippen LogP contribution in [0.5, 0.6) is 5.75 Å². The molecule has 0 aliphatic rings. The number of unbranched alkanes of at least 4 members (excludes halogenated alkanes) is 1. The number of carbonyl (C=O) groups excluding carboxylic acids is 1. The summed E-state index contributed by atoms with van der Waals surface area (Å²) in [5.41, 5.74) is 1.19. The minimum atomic E-state index is 0.615. The van der Waals surface area contributed by atoms with Gasteiger partial charge < -0.3 is 9.53 Å². The molecule has 0 N–H and O–H groups in total. The maximum atomic E-state index is 10.2. The predicted octanol–water partition coefficient (Wildman–Crippen LogP) is 2.98. The molecule has 0 spiro atoms. The van der Waals surface area contributed by atoms with Gasteiger partial charge in [-0.2, -0.15) is 0 Å². The third-order valence-electron chi connectivity index (χ3n) is 2.03. The van der Waals surface area contributed by atoms with Crippen LogP contribution in [0.15, 0.2) is 22.7 Å². The summed E-state index contributed by atoms with van der Waals surface area (Å²) in [6.07, 6.45) is 3.35. The van der Waals surface area contributed by atoms with Crippen molar-refractivity contribution in [1.82, 2.24) is 0 Å². The number of carbonyl (C=O) groups is 1. The average Bonchev–Trinajstić information content (AvgIpc) is 2.21. The van der Waals surface area contributed by atoms with Crippen LogP contribution in [0.3, 0.4) is 0 Å². The minimum Gasteiger partial charge on any atom is -0.496 e. The lowest BCUT2D eigenvalue weighted by Crippen LogP contribution is -1.91. The second-order valence-electron chi connectivity index (χ2n) is 2.99. The third kappa shape index (κ3) is 2.84. The summed E-state index contributed by atoms with van der Waals surface area (Å²) in [5.74, 6) is 0.841. The molecule has 3 heteroatoms. The van der Waals surface area contributed by atoms with Gasteiger partial charge in [-0.15, -0.1) is 0 Å². The number of benzene rings is 1. The van der Waals surface area contributed by atoms with Crippen molar-refractivity contribution in [3.05, 3.63) is 28.2 Å². The van der Waals surface area contributed by atoms with Crippen LogP contribution in [0.1, 0.15) is 18.4 Å². The molecular weight excluding hydrogens is 244 g/mol. The van der Waals surface area contributed by atoms with Crippen molar-refractivity contribution in [1.29, 1.82) is 0 Å². The second-order valence-corrected chi connectivity index (χ2v) is 3.79. The predicted molar refractivity (Wildman–Crippen MR) is 59.7 cm³/mol. The van der Waals surface area contributed by atoms with E-state index in [9.17, 15) is 4.79 Å². The highest BCUT2D eigenvalue weighted by Crippen LogP contribution is 2.29. The van der Waals surface area contributed by atoms with Crippen LogP contribution in [0, 0.1) is 0 Å². The number of halogens is 1. The molecule has 0 saturated heterocycles. The Balaban J connectivity index is 2.71. The molecule has 14 heavy (non-hydrogen) atoms. The molecule has 1 rings (SSSR count). The molecule has 0 unspecified atom stereocenters. The highest BCUT2D eigenvalue weighted by Gasteiger charge is 2.04. The SMILES string of the molecule is COc1cccc(CCCC=O)c1Br. The molecule has 0 radical (unpaired) electrons. The van der Waals surface area contributed by atoms with Crippen LogP contribution in [-0.2, 0) is 11.2 Å². The second kappa shape index (κ2) is 5.81. The molecule has 0 fully saturated rings. The van der Waals surface area contributed by atoms with Crippen LogP contribution in [0.4, 0.5) is 0 Å². The van der Waals surface area contributed by atoms with Gasteiger partial charge in [-0.25, -0.2) is 0 Å². The van der Waals surface area contributed by atoms with Gasteiger partial charge in [0.1, 0.15) is 12.0 Å². The van der Waals surface area contributed by atoms with Crippen molar-refractivity contribution >= 4 is 22.2 Å². The maximum Gasteiger partial charge on any atom is 0.133 e. The average molecular weight is 257 g/mol. The monoisotopic (exact) mass is 256 g/mol. The summed E-state index contributed by atoms with van der Waals surface area (Å²) < 4.78 is 6.17. The Bertz CT molecular complexity index is 310. The van der Waals surface area contributed by atoms with E-state index >= 15 is 0 Å². The molecule has 0 aliphatic heterocycles. The first kappa shape index (κ1) is 11.2. The molecule has 0 atom stereocenters. The standard InChI is InChI=1S/C11H13BrO2/c1-14-10-7-4-6-9(11(10)12)5-2-3-8-13/h4,6-8H,2-3,5H2,1H3. The Labute approximate surface area is 92.4 Å². The van der Waals surface area contributed by atoms with Gasteiger partial charge in [0.15, 0.2) is 0 Å². The Morgan fingerprint density at radius 1 is 1.50 bits per heavy atom. The lowest BCUT2D eigenvalue weighted by atomic mass is 10.1. The molecular formula is C11H13BrO2. The quantitative estimate of drug-likeness (QED) is 0.598. The Hall–Kier alpha value is -0.830. The largest absolute Gasteiger partial charge is 0.496 e. The number of hydrogen-bond acceptors (Lipinski definition) is 2. The molecule has 0 aliphatic carbocycles. The zero-order valence-corrected chi connectivity index (χ0v) is 9.71. The fourth-order valence-corrected chi connectivity index (χ4v) is 1.91. The zero-order chi connectivity index (χ0) is 10.4. The lowest BCUT2D eigenvalue weighted by molar-refractivity contribution is -0.107. The number of methoxy groups -OCH3 is 1. The Kier molecular flexibility index (Phi) is 4.66. The Morgan fingerprint density at radius 2 is 2.29 bits per heavy atom. The summed E-state index contributed by atoms with van der Waals surface area (Å²) >= 11 is 3.48. The lowest BCUT2D eigenvalue weighted by Gasteiger charge is -2.07. The van der Waals surface area contributed by atoms with Gasteiger partial charge in [0.25, 0.3) is 0 Å². The van der Waals surface area contributed by atoms with Gasteiger partial charge in [-0.05, 0) is 40.4 Å². The summed E-state index contributed by atoms with van der Waals surface area (Å²) in [7, 11) is 1.65. The zero-order valence-electron chi connectivity index (χ0n) is 8.13. The highest BCUT2D eigenvalue weighted by molar-refractivity contribution is 9.10. The van der Waals surface area contributed by atoms with Crippen molar-refractivity contribution in [2.24, 2.45) is 0 Å². The first-order chi connectivity index (χ1) is 6.79. The van der Waals surface area contributed by atoms with Crippen molar-refractivity contribution in [3.63, 3.8) is 0 Å². The van der Waals surface area contributed by atoms with E-state index in [1.165, 1.54) is 5.56 Å². The van der Waals surface area contributed by atoms with E-state index in [1.807, 2.05) is 18.2 Å². The number of ether oxygens (including phenoxy) is 1. The molecule has 0 saturated carbocycles. The smallest absolute Gasteiger partial charge is 0.133 e. The van der Waals surface area contributed by atoms with Crippen LogP contribution >= 0.6 is 15.9 Å². The summed E-state index contributed by atoms with van der Waals surface area (Å²) in [6, 6.07) is 5.91.